The number of nitrogens with zero attached hydrogens (tertiary/aromatic N) is 1. The van der Waals surface area contributed by atoms with Crippen LogP contribution < -0.4 is 0 Å². The zero-order chi connectivity index (χ0) is 16.4. The second-order valence-corrected chi connectivity index (χ2v) is 7.39. The van der Waals surface area contributed by atoms with Gasteiger partial charge in [0.15, 0.2) is 0 Å². The van der Waals surface area contributed by atoms with E-state index in [1.54, 1.807) is 7.05 Å². The largest absolute Gasteiger partial charge is 0.458 e. The van der Waals surface area contributed by atoms with Crippen LogP contribution in [-0.4, -0.2) is 47.2 Å². The predicted octanol–water partition coefficient (Wildman–Crippen LogP) is 1.83. The first kappa shape index (κ1) is 18.0. The summed E-state index contributed by atoms with van der Waals surface area (Å²) < 4.78 is 5.43. The van der Waals surface area contributed by atoms with Crippen LogP contribution in [0, 0.1) is 17.8 Å². The van der Waals surface area contributed by atoms with E-state index >= 15 is 0 Å². The van der Waals surface area contributed by atoms with Gasteiger partial charge in [-0.3, -0.25) is 4.79 Å². The van der Waals surface area contributed by atoms with Gasteiger partial charge < -0.3 is 14.7 Å². The molecule has 0 bridgehead atoms. The molecule has 1 rings (SSSR count). The summed E-state index contributed by atoms with van der Waals surface area (Å²) in [5.74, 6) is -0.236. The molecule has 1 aliphatic carbocycles. The lowest BCUT2D eigenvalue weighted by molar-refractivity contribution is -0.167. The molecule has 0 aromatic heterocycles. The highest BCUT2D eigenvalue weighted by Gasteiger charge is 2.40. The van der Waals surface area contributed by atoms with Crippen LogP contribution >= 0.6 is 0 Å². The van der Waals surface area contributed by atoms with Gasteiger partial charge in [0.2, 0.25) is 5.91 Å². The fourth-order valence-corrected chi connectivity index (χ4v) is 2.75. The van der Waals surface area contributed by atoms with Gasteiger partial charge in [0.1, 0.15) is 11.6 Å². The molecular weight excluding hydrogens is 270 g/mol. The first-order valence-corrected chi connectivity index (χ1v) is 7.67. The Hall–Kier alpha value is -1.10. The van der Waals surface area contributed by atoms with E-state index in [0.717, 1.165) is 0 Å². The lowest BCUT2D eigenvalue weighted by atomic mass is 9.74. The summed E-state index contributed by atoms with van der Waals surface area (Å²) in [6.45, 7) is 9.42. The summed E-state index contributed by atoms with van der Waals surface area (Å²) in [7, 11) is 1.67. The third-order valence-corrected chi connectivity index (χ3v) is 3.89. The SMILES string of the molecule is CC(C)[C@@H](C(=O)OC(C)(C)C)N(C)C(=O)[C@H]1C[C@H](CO)C1. The number of carbonyl (C=O) groups is 2. The minimum atomic E-state index is -0.565. The summed E-state index contributed by atoms with van der Waals surface area (Å²) in [4.78, 5) is 26.3. The van der Waals surface area contributed by atoms with E-state index in [2.05, 4.69) is 0 Å². The Balaban J connectivity index is 2.72. The van der Waals surface area contributed by atoms with Gasteiger partial charge in [-0.15, -0.1) is 0 Å². The van der Waals surface area contributed by atoms with Crippen LogP contribution in [0.4, 0.5) is 0 Å². The molecule has 1 aliphatic rings. The quantitative estimate of drug-likeness (QED) is 0.787. The zero-order valence-corrected chi connectivity index (χ0v) is 14.0. The van der Waals surface area contributed by atoms with E-state index in [1.807, 2.05) is 34.6 Å². The number of hydrogen-bond donors (Lipinski definition) is 1. The summed E-state index contributed by atoms with van der Waals surface area (Å²) in [5, 5.41) is 9.04. The Labute approximate surface area is 127 Å². The van der Waals surface area contributed by atoms with Crippen LogP contribution in [0.5, 0.6) is 0 Å². The normalized spacial score (nSPS) is 23.4. The van der Waals surface area contributed by atoms with Crippen LogP contribution in [0.3, 0.4) is 0 Å². The molecule has 0 radical (unpaired) electrons. The average molecular weight is 299 g/mol. The third-order valence-electron chi connectivity index (χ3n) is 3.89. The smallest absolute Gasteiger partial charge is 0.329 e. The van der Waals surface area contributed by atoms with Crippen LogP contribution in [-0.2, 0) is 14.3 Å². The highest BCUT2D eigenvalue weighted by Crippen LogP contribution is 2.35. The van der Waals surface area contributed by atoms with Crippen molar-refractivity contribution >= 4 is 11.9 Å². The van der Waals surface area contributed by atoms with Gasteiger partial charge in [0, 0.05) is 19.6 Å². The fraction of sp³-hybridized carbons (Fsp3) is 0.875. The molecule has 0 unspecified atom stereocenters. The molecule has 1 atom stereocenters. The summed E-state index contributed by atoms with van der Waals surface area (Å²) in [6.07, 6.45) is 1.41. The number of likely N-dealkylation sites (N-methyl/N-ethyl adjacent to an activating group) is 1. The van der Waals surface area contributed by atoms with Crippen LogP contribution in [0.2, 0.25) is 0 Å². The van der Waals surface area contributed by atoms with Crippen molar-refractivity contribution < 1.29 is 19.4 Å². The van der Waals surface area contributed by atoms with Gasteiger partial charge >= 0.3 is 5.97 Å². The molecular formula is C16H29NO4. The molecule has 0 aromatic carbocycles. The lowest BCUT2D eigenvalue weighted by Gasteiger charge is -2.39. The first-order valence-electron chi connectivity index (χ1n) is 7.67. The van der Waals surface area contributed by atoms with Crippen molar-refractivity contribution in [3.05, 3.63) is 0 Å². The van der Waals surface area contributed by atoms with Crippen molar-refractivity contribution in [1.29, 1.82) is 0 Å². The van der Waals surface area contributed by atoms with Gasteiger partial charge in [-0.25, -0.2) is 4.79 Å². The van der Waals surface area contributed by atoms with Crippen molar-refractivity contribution in [2.75, 3.05) is 13.7 Å². The standard InChI is InChI=1S/C16H29NO4/c1-10(2)13(15(20)21-16(3,4)5)17(6)14(19)12-7-11(8-12)9-18/h10-13,18H,7-9H2,1-6H3/t11-,12-,13-/m0/s1. The van der Waals surface area contributed by atoms with E-state index < -0.39 is 11.6 Å². The number of aliphatic hydroxyl groups excluding tert-OH is 1. The zero-order valence-electron chi connectivity index (χ0n) is 14.0. The van der Waals surface area contributed by atoms with Crippen molar-refractivity contribution in [3.63, 3.8) is 0 Å². The molecule has 5 heteroatoms. The summed E-state index contributed by atoms with van der Waals surface area (Å²) >= 11 is 0. The maximum absolute atomic E-state index is 12.4. The Morgan fingerprint density at radius 2 is 1.81 bits per heavy atom. The molecule has 0 aromatic rings. The minimum absolute atomic E-state index is 0.0116. The molecule has 1 fully saturated rings. The second-order valence-electron chi connectivity index (χ2n) is 7.39. The monoisotopic (exact) mass is 299 g/mol. The number of amides is 1. The van der Waals surface area contributed by atoms with E-state index in [9.17, 15) is 9.59 Å². The second kappa shape index (κ2) is 6.77. The number of rotatable bonds is 5. The molecule has 0 spiro atoms. The average Bonchev–Trinajstić information content (AvgIpc) is 2.24. The number of carbonyl (C=O) groups excluding carboxylic acids is 2. The molecule has 1 saturated carbocycles. The number of aliphatic hydroxyl groups is 1. The molecule has 0 saturated heterocycles. The van der Waals surface area contributed by atoms with Crippen LogP contribution in [0.25, 0.3) is 0 Å². The van der Waals surface area contributed by atoms with Gasteiger partial charge in [0.05, 0.1) is 0 Å². The Morgan fingerprint density at radius 1 is 1.29 bits per heavy atom. The van der Waals surface area contributed by atoms with Gasteiger partial charge in [-0.1, -0.05) is 13.8 Å². The van der Waals surface area contributed by atoms with Gasteiger partial charge in [0.25, 0.3) is 0 Å². The molecule has 0 aliphatic heterocycles. The predicted molar refractivity (Wildman–Crippen MR) is 80.5 cm³/mol. The third kappa shape index (κ3) is 4.70. The van der Waals surface area contributed by atoms with Crippen LogP contribution in [0.1, 0.15) is 47.5 Å². The van der Waals surface area contributed by atoms with E-state index in [-0.39, 0.29) is 36.2 Å². The minimum Gasteiger partial charge on any atom is -0.458 e. The maximum atomic E-state index is 12.4. The first-order chi connectivity index (χ1) is 9.56. The van der Waals surface area contributed by atoms with Gasteiger partial charge in [-0.05, 0) is 45.4 Å². The maximum Gasteiger partial charge on any atom is 0.329 e. The molecule has 21 heavy (non-hydrogen) atoms. The molecule has 122 valence electrons. The summed E-state index contributed by atoms with van der Waals surface area (Å²) in [6, 6.07) is -0.565. The molecule has 1 amide bonds. The Kier molecular flexibility index (Phi) is 5.79. The number of esters is 1. The topological polar surface area (TPSA) is 66.8 Å². The van der Waals surface area contributed by atoms with Crippen molar-refractivity contribution in [2.24, 2.45) is 17.8 Å². The highest BCUT2D eigenvalue weighted by molar-refractivity contribution is 5.86. The lowest BCUT2D eigenvalue weighted by Crippen LogP contribution is -2.51. The molecule has 5 nitrogen and oxygen atoms in total. The number of ether oxygens (including phenoxy) is 1. The van der Waals surface area contributed by atoms with E-state index in [4.69, 9.17) is 9.84 Å². The van der Waals surface area contributed by atoms with Crippen molar-refractivity contribution in [1.82, 2.24) is 4.90 Å². The van der Waals surface area contributed by atoms with Crippen LogP contribution in [0.15, 0.2) is 0 Å². The van der Waals surface area contributed by atoms with E-state index in [0.29, 0.717) is 12.8 Å². The summed E-state index contributed by atoms with van der Waals surface area (Å²) in [5.41, 5.74) is -0.563. The molecule has 1 N–H and O–H groups in total. The fourth-order valence-electron chi connectivity index (χ4n) is 2.75. The van der Waals surface area contributed by atoms with Gasteiger partial charge in [-0.2, -0.15) is 0 Å². The Morgan fingerprint density at radius 3 is 2.19 bits per heavy atom. The van der Waals surface area contributed by atoms with E-state index in [1.165, 1.54) is 4.90 Å². The van der Waals surface area contributed by atoms with Crippen molar-refractivity contribution in [3.8, 4) is 0 Å². The molecule has 0 heterocycles. The Bertz CT molecular complexity index is 380. The van der Waals surface area contributed by atoms with Crippen molar-refractivity contribution in [2.45, 2.75) is 59.1 Å². The highest BCUT2D eigenvalue weighted by atomic mass is 16.6. The number of hydrogen-bond acceptors (Lipinski definition) is 4.